The van der Waals surface area contributed by atoms with Gasteiger partial charge in [-0.3, -0.25) is 9.36 Å². The predicted octanol–water partition coefficient (Wildman–Crippen LogP) is 2.14. The molecule has 0 bridgehead atoms. The van der Waals surface area contributed by atoms with E-state index in [4.69, 9.17) is 0 Å². The fraction of sp³-hybridized carbons (Fsp3) is 0.600. The minimum absolute atomic E-state index is 0.672. The lowest BCUT2D eigenvalue weighted by Crippen LogP contribution is -2.19. The van der Waals surface area contributed by atoms with E-state index in [0.29, 0.717) is 5.92 Å². The highest BCUT2D eigenvalue weighted by molar-refractivity contribution is 5.24. The average molecular weight is 275 g/mol. The summed E-state index contributed by atoms with van der Waals surface area (Å²) in [6, 6.07) is 1.95. The van der Waals surface area contributed by atoms with Gasteiger partial charge in [-0.25, -0.2) is 0 Å². The van der Waals surface area contributed by atoms with Crippen molar-refractivity contribution in [1.82, 2.24) is 24.9 Å². The van der Waals surface area contributed by atoms with Gasteiger partial charge in [-0.05, 0) is 32.4 Å². The molecule has 2 rings (SSSR count). The Bertz CT molecular complexity index is 525. The quantitative estimate of drug-likeness (QED) is 0.842. The minimum atomic E-state index is 0.672. The van der Waals surface area contributed by atoms with Crippen LogP contribution in [0.4, 0.5) is 0 Å². The van der Waals surface area contributed by atoms with E-state index in [-0.39, 0.29) is 0 Å². The maximum absolute atomic E-state index is 4.64. The number of rotatable bonds is 7. The first-order chi connectivity index (χ1) is 9.58. The molecule has 0 radical (unpaired) electrons. The zero-order chi connectivity index (χ0) is 14.5. The normalized spacial score (nSPS) is 11.4. The molecule has 0 aliphatic carbocycles. The molecule has 0 amide bonds. The van der Waals surface area contributed by atoms with Crippen LogP contribution in [0.5, 0.6) is 0 Å². The second-order valence-corrected chi connectivity index (χ2v) is 5.67. The molecule has 0 spiro atoms. The lowest BCUT2D eigenvalue weighted by molar-refractivity contribution is 0.490. The van der Waals surface area contributed by atoms with Gasteiger partial charge in [-0.1, -0.05) is 13.8 Å². The molecule has 0 fully saturated rings. The Balaban J connectivity index is 1.97. The van der Waals surface area contributed by atoms with E-state index in [2.05, 4.69) is 47.9 Å². The second kappa shape index (κ2) is 6.70. The number of hydrogen-bond donors (Lipinski definition) is 1. The third-order valence-electron chi connectivity index (χ3n) is 3.49. The van der Waals surface area contributed by atoms with Gasteiger partial charge in [0.15, 0.2) is 0 Å². The number of aryl methyl sites for hydroxylation is 3. The molecule has 0 unspecified atom stereocenters. The number of nitrogens with zero attached hydrogens (tertiary/aromatic N) is 4. The van der Waals surface area contributed by atoms with Crippen LogP contribution in [0.3, 0.4) is 0 Å². The highest BCUT2D eigenvalue weighted by Gasteiger charge is 2.11. The van der Waals surface area contributed by atoms with E-state index in [1.165, 1.54) is 11.3 Å². The Morgan fingerprint density at radius 2 is 2.05 bits per heavy atom. The van der Waals surface area contributed by atoms with Crippen LogP contribution in [-0.2, 0) is 19.6 Å². The van der Waals surface area contributed by atoms with E-state index < -0.39 is 0 Å². The van der Waals surface area contributed by atoms with Crippen LogP contribution in [0.1, 0.15) is 30.8 Å². The van der Waals surface area contributed by atoms with Gasteiger partial charge in [-0.15, -0.1) is 0 Å². The van der Waals surface area contributed by atoms with Crippen molar-refractivity contribution in [2.45, 2.75) is 47.3 Å². The second-order valence-electron chi connectivity index (χ2n) is 5.67. The van der Waals surface area contributed by atoms with Gasteiger partial charge in [0.1, 0.15) is 0 Å². The fourth-order valence-corrected chi connectivity index (χ4v) is 2.32. The summed E-state index contributed by atoms with van der Waals surface area (Å²) in [5.41, 5.74) is 3.70. The van der Waals surface area contributed by atoms with E-state index >= 15 is 0 Å². The predicted molar refractivity (Wildman–Crippen MR) is 80.5 cm³/mol. The van der Waals surface area contributed by atoms with E-state index in [1.807, 2.05) is 23.1 Å². The van der Waals surface area contributed by atoms with Gasteiger partial charge in [-0.2, -0.15) is 10.2 Å². The largest absolute Gasteiger partial charge is 0.312 e. The van der Waals surface area contributed by atoms with Crippen molar-refractivity contribution in [1.29, 1.82) is 0 Å². The van der Waals surface area contributed by atoms with Gasteiger partial charge in [0.2, 0.25) is 0 Å². The smallest absolute Gasteiger partial charge is 0.0641 e. The first kappa shape index (κ1) is 14.8. The van der Waals surface area contributed by atoms with Gasteiger partial charge in [0.05, 0.1) is 18.8 Å². The molecule has 5 heteroatoms. The maximum Gasteiger partial charge on any atom is 0.0641 e. The molecule has 0 atom stereocenters. The molecule has 20 heavy (non-hydrogen) atoms. The van der Waals surface area contributed by atoms with Crippen LogP contribution in [0.15, 0.2) is 18.5 Å². The van der Waals surface area contributed by atoms with Crippen LogP contribution in [0.25, 0.3) is 0 Å². The maximum atomic E-state index is 4.64. The molecule has 5 nitrogen and oxygen atoms in total. The molecule has 2 aromatic heterocycles. The summed E-state index contributed by atoms with van der Waals surface area (Å²) in [7, 11) is 0. The Labute approximate surface area is 121 Å². The number of aromatic nitrogens is 4. The summed E-state index contributed by atoms with van der Waals surface area (Å²) in [6.07, 6.45) is 3.79. The average Bonchev–Trinajstić information content (AvgIpc) is 2.99. The first-order valence-corrected chi connectivity index (χ1v) is 7.29. The molecule has 1 N–H and O–H groups in total. The Morgan fingerprint density at radius 1 is 1.25 bits per heavy atom. The van der Waals surface area contributed by atoms with Gasteiger partial charge >= 0.3 is 0 Å². The summed E-state index contributed by atoms with van der Waals surface area (Å²) < 4.78 is 4.02. The van der Waals surface area contributed by atoms with E-state index in [9.17, 15) is 0 Å². The topological polar surface area (TPSA) is 47.7 Å². The third kappa shape index (κ3) is 3.70. The fourth-order valence-electron chi connectivity index (χ4n) is 2.32. The molecular formula is C15H25N5. The van der Waals surface area contributed by atoms with Crippen LogP contribution in [0, 0.1) is 19.8 Å². The zero-order valence-corrected chi connectivity index (χ0v) is 12.9. The van der Waals surface area contributed by atoms with Crippen LogP contribution >= 0.6 is 0 Å². The van der Waals surface area contributed by atoms with Crippen LogP contribution in [0.2, 0.25) is 0 Å². The standard InChI is InChI=1S/C15H25N5/c1-12(2)10-16-11-15-13(3)18-20(14(15)4)9-8-19-7-5-6-17-19/h5-7,12,16H,8-11H2,1-4H3. The highest BCUT2D eigenvalue weighted by Crippen LogP contribution is 2.13. The summed E-state index contributed by atoms with van der Waals surface area (Å²) in [4.78, 5) is 0. The molecule has 0 saturated heterocycles. The Morgan fingerprint density at radius 3 is 2.70 bits per heavy atom. The molecule has 110 valence electrons. The van der Waals surface area contributed by atoms with Gasteiger partial charge < -0.3 is 5.32 Å². The lowest BCUT2D eigenvalue weighted by Gasteiger charge is -2.08. The molecule has 0 aliphatic heterocycles. The lowest BCUT2D eigenvalue weighted by atomic mass is 10.2. The summed E-state index contributed by atoms with van der Waals surface area (Å²) >= 11 is 0. The summed E-state index contributed by atoms with van der Waals surface area (Å²) in [6.45, 7) is 12.3. The van der Waals surface area contributed by atoms with Crippen molar-refractivity contribution >= 4 is 0 Å². The van der Waals surface area contributed by atoms with Crippen molar-refractivity contribution in [3.63, 3.8) is 0 Å². The molecular weight excluding hydrogens is 250 g/mol. The van der Waals surface area contributed by atoms with Crippen molar-refractivity contribution in [2.24, 2.45) is 5.92 Å². The minimum Gasteiger partial charge on any atom is -0.312 e. The van der Waals surface area contributed by atoms with Crippen LogP contribution in [-0.4, -0.2) is 26.1 Å². The van der Waals surface area contributed by atoms with Crippen LogP contribution < -0.4 is 5.32 Å². The van der Waals surface area contributed by atoms with Crippen molar-refractivity contribution in [3.8, 4) is 0 Å². The highest BCUT2D eigenvalue weighted by atomic mass is 15.3. The number of hydrogen-bond acceptors (Lipinski definition) is 3. The van der Waals surface area contributed by atoms with Gasteiger partial charge in [0, 0.05) is 30.2 Å². The Kier molecular flexibility index (Phi) is 4.95. The van der Waals surface area contributed by atoms with E-state index in [1.54, 1.807) is 0 Å². The molecule has 0 aliphatic rings. The molecule has 2 heterocycles. The van der Waals surface area contributed by atoms with Gasteiger partial charge in [0.25, 0.3) is 0 Å². The number of nitrogens with one attached hydrogen (secondary N) is 1. The van der Waals surface area contributed by atoms with Crippen molar-refractivity contribution in [3.05, 3.63) is 35.4 Å². The SMILES string of the molecule is Cc1nn(CCn2cccn2)c(C)c1CNCC(C)C. The molecule has 0 aromatic carbocycles. The summed E-state index contributed by atoms with van der Waals surface area (Å²) in [5, 5.41) is 12.4. The van der Waals surface area contributed by atoms with E-state index in [0.717, 1.165) is 31.9 Å². The Hall–Kier alpha value is -1.62. The zero-order valence-electron chi connectivity index (χ0n) is 12.9. The molecule has 2 aromatic rings. The first-order valence-electron chi connectivity index (χ1n) is 7.29. The van der Waals surface area contributed by atoms with Crippen molar-refractivity contribution < 1.29 is 0 Å². The summed E-state index contributed by atoms with van der Waals surface area (Å²) in [5.74, 6) is 0.672. The van der Waals surface area contributed by atoms with Crippen molar-refractivity contribution in [2.75, 3.05) is 6.54 Å². The monoisotopic (exact) mass is 275 g/mol. The molecule has 0 saturated carbocycles. The third-order valence-corrected chi connectivity index (χ3v) is 3.49.